The van der Waals surface area contributed by atoms with E-state index >= 15 is 0 Å². The van der Waals surface area contributed by atoms with Crippen LogP contribution in [0.3, 0.4) is 0 Å². The molecule has 1 atom stereocenters. The lowest BCUT2D eigenvalue weighted by Gasteiger charge is -2.02. The second-order valence-electron chi connectivity index (χ2n) is 2.11. The van der Waals surface area contributed by atoms with E-state index in [1.165, 1.54) is 6.92 Å². The van der Waals surface area contributed by atoms with Crippen molar-refractivity contribution < 1.29 is 19.1 Å². The lowest BCUT2D eigenvalue weighted by Crippen LogP contribution is -2.20. The Bertz CT molecular complexity index is 184. The van der Waals surface area contributed by atoms with Crippen molar-refractivity contribution >= 4 is 11.7 Å². The fraction of sp³-hybridized carbons (Fsp3) is 0.667. The summed E-state index contributed by atoms with van der Waals surface area (Å²) in [6.45, 7) is 0.765. The van der Waals surface area contributed by atoms with Gasteiger partial charge in [-0.3, -0.25) is 0 Å². The van der Waals surface area contributed by atoms with Gasteiger partial charge in [0.15, 0.2) is 5.71 Å². The summed E-state index contributed by atoms with van der Waals surface area (Å²) >= 11 is 0. The van der Waals surface area contributed by atoms with Crippen LogP contribution in [0.2, 0.25) is 0 Å². The van der Waals surface area contributed by atoms with Crippen LogP contribution in [0, 0.1) is 0 Å². The lowest BCUT2D eigenvalue weighted by atomic mass is 10.4. The van der Waals surface area contributed by atoms with Gasteiger partial charge in [-0.25, -0.2) is 9.18 Å². The smallest absolute Gasteiger partial charge is 0.353 e. The van der Waals surface area contributed by atoms with E-state index in [4.69, 9.17) is 10.8 Å². The van der Waals surface area contributed by atoms with Gasteiger partial charge in [0.05, 0.1) is 0 Å². The van der Waals surface area contributed by atoms with Gasteiger partial charge < -0.3 is 15.7 Å². The molecule has 70 valence electrons. The molecule has 0 aromatic heterocycles. The summed E-state index contributed by atoms with van der Waals surface area (Å²) in [7, 11) is 0. The third kappa shape index (κ3) is 4.62. The van der Waals surface area contributed by atoms with Gasteiger partial charge in [-0.1, -0.05) is 5.16 Å². The SMILES string of the molecule is CC(=NOCC(F)CN)C(=O)O. The first-order chi connectivity index (χ1) is 5.57. The van der Waals surface area contributed by atoms with Gasteiger partial charge in [0.25, 0.3) is 0 Å². The van der Waals surface area contributed by atoms with Gasteiger partial charge in [0.1, 0.15) is 12.8 Å². The first kappa shape index (κ1) is 10.8. The van der Waals surface area contributed by atoms with Gasteiger partial charge in [-0.15, -0.1) is 0 Å². The predicted octanol–water partition coefficient (Wildman–Crippen LogP) is -0.240. The molecular formula is C6H11FN2O3. The molecule has 0 fully saturated rings. The average molecular weight is 178 g/mol. The second kappa shape index (κ2) is 5.48. The molecule has 3 N–H and O–H groups in total. The maximum Gasteiger partial charge on any atom is 0.353 e. The lowest BCUT2D eigenvalue weighted by molar-refractivity contribution is -0.129. The van der Waals surface area contributed by atoms with E-state index in [0.717, 1.165) is 0 Å². The molecule has 1 unspecified atom stereocenters. The Hall–Kier alpha value is -1.17. The van der Waals surface area contributed by atoms with Crippen molar-refractivity contribution in [2.45, 2.75) is 13.1 Å². The molecule has 0 bridgehead atoms. The molecule has 12 heavy (non-hydrogen) atoms. The highest BCUT2D eigenvalue weighted by Crippen LogP contribution is 1.90. The molecule has 5 nitrogen and oxygen atoms in total. The van der Waals surface area contributed by atoms with E-state index in [2.05, 4.69) is 9.99 Å². The summed E-state index contributed by atoms with van der Waals surface area (Å²) in [4.78, 5) is 14.5. The van der Waals surface area contributed by atoms with Crippen LogP contribution in [-0.4, -0.2) is 36.1 Å². The van der Waals surface area contributed by atoms with Gasteiger partial charge >= 0.3 is 5.97 Å². The van der Waals surface area contributed by atoms with Crippen molar-refractivity contribution in [2.75, 3.05) is 13.2 Å². The average Bonchev–Trinajstić information content (AvgIpc) is 2.03. The third-order valence-corrected chi connectivity index (χ3v) is 1.02. The number of hydrogen-bond donors (Lipinski definition) is 2. The van der Waals surface area contributed by atoms with Gasteiger partial charge in [0.2, 0.25) is 0 Å². The number of aliphatic carboxylic acids is 1. The van der Waals surface area contributed by atoms with E-state index in [1.54, 1.807) is 0 Å². The summed E-state index contributed by atoms with van der Waals surface area (Å²) in [6.07, 6.45) is -1.31. The number of nitrogens with zero attached hydrogens (tertiary/aromatic N) is 1. The number of alkyl halides is 1. The maximum atomic E-state index is 12.3. The number of oxime groups is 1. The highest BCUT2D eigenvalue weighted by atomic mass is 19.1. The molecule has 6 heteroatoms. The van der Waals surface area contributed by atoms with Crippen molar-refractivity contribution in [3.63, 3.8) is 0 Å². The van der Waals surface area contributed by atoms with E-state index < -0.39 is 12.1 Å². The number of nitrogens with two attached hydrogens (primary N) is 1. The minimum Gasteiger partial charge on any atom is -0.477 e. The van der Waals surface area contributed by atoms with Crippen LogP contribution in [-0.2, 0) is 9.63 Å². The topological polar surface area (TPSA) is 84.9 Å². The van der Waals surface area contributed by atoms with E-state index in [-0.39, 0.29) is 18.9 Å². The highest BCUT2D eigenvalue weighted by Gasteiger charge is 2.05. The van der Waals surface area contributed by atoms with Gasteiger partial charge in [-0.05, 0) is 6.92 Å². The molecule has 0 saturated heterocycles. The second-order valence-corrected chi connectivity index (χ2v) is 2.11. The molecule has 0 aromatic carbocycles. The van der Waals surface area contributed by atoms with Crippen LogP contribution in [0.15, 0.2) is 5.16 Å². The molecule has 0 saturated carbocycles. The van der Waals surface area contributed by atoms with Crippen LogP contribution in [0.25, 0.3) is 0 Å². The van der Waals surface area contributed by atoms with Crippen LogP contribution in [0.1, 0.15) is 6.92 Å². The fourth-order valence-corrected chi connectivity index (χ4v) is 0.322. The van der Waals surface area contributed by atoms with Crippen molar-refractivity contribution in [2.24, 2.45) is 10.9 Å². The summed E-state index contributed by atoms with van der Waals surface area (Å²) in [5.74, 6) is -1.20. The highest BCUT2D eigenvalue weighted by molar-refractivity contribution is 6.34. The molecule has 0 rings (SSSR count). The predicted molar refractivity (Wildman–Crippen MR) is 40.6 cm³/mol. The first-order valence-electron chi connectivity index (χ1n) is 3.32. The fourth-order valence-electron chi connectivity index (χ4n) is 0.322. The standard InChI is InChI=1S/C6H11FN2O3/c1-4(6(10)11)9-12-3-5(7)2-8/h5H,2-3,8H2,1H3,(H,10,11). The summed E-state index contributed by atoms with van der Waals surface area (Å²) in [6, 6.07) is 0. The van der Waals surface area contributed by atoms with Gasteiger partial charge in [-0.2, -0.15) is 0 Å². The van der Waals surface area contributed by atoms with Crippen molar-refractivity contribution in [1.82, 2.24) is 0 Å². The minimum absolute atomic E-state index is 0.165. The van der Waals surface area contributed by atoms with E-state index in [0.29, 0.717) is 0 Å². The van der Waals surface area contributed by atoms with Crippen LogP contribution >= 0.6 is 0 Å². The Balaban J connectivity index is 3.67. The van der Waals surface area contributed by atoms with Crippen molar-refractivity contribution in [1.29, 1.82) is 0 Å². The molecule has 0 aliphatic heterocycles. The Morgan fingerprint density at radius 1 is 1.83 bits per heavy atom. The van der Waals surface area contributed by atoms with Gasteiger partial charge in [0, 0.05) is 6.54 Å². The number of rotatable bonds is 5. The summed E-state index contributed by atoms with van der Waals surface area (Å²) < 4.78 is 12.3. The van der Waals surface area contributed by atoms with Crippen LogP contribution in [0.5, 0.6) is 0 Å². The number of halogens is 1. The largest absolute Gasteiger partial charge is 0.477 e. The van der Waals surface area contributed by atoms with Crippen LogP contribution < -0.4 is 5.73 Å². The van der Waals surface area contributed by atoms with E-state index in [1.807, 2.05) is 0 Å². The zero-order chi connectivity index (χ0) is 9.56. The quantitative estimate of drug-likeness (QED) is 0.449. The normalized spacial score (nSPS) is 14.1. The Kier molecular flexibility index (Phi) is 4.94. The Morgan fingerprint density at radius 2 is 2.42 bits per heavy atom. The number of carboxylic acids is 1. The molecular weight excluding hydrogens is 167 g/mol. The molecule has 0 aromatic rings. The molecule has 0 radical (unpaired) electrons. The van der Waals surface area contributed by atoms with Crippen LogP contribution in [0.4, 0.5) is 4.39 Å². The summed E-state index contributed by atoms with van der Waals surface area (Å²) in [5, 5.41) is 11.4. The maximum absolute atomic E-state index is 12.3. The first-order valence-corrected chi connectivity index (χ1v) is 3.32. The minimum atomic E-state index is -1.31. The van der Waals surface area contributed by atoms with Crippen molar-refractivity contribution in [3.8, 4) is 0 Å². The molecule has 0 amide bonds. The monoisotopic (exact) mass is 178 g/mol. The number of carboxylic acid groups (broad SMARTS) is 1. The third-order valence-electron chi connectivity index (χ3n) is 1.02. The zero-order valence-electron chi connectivity index (χ0n) is 6.66. The Morgan fingerprint density at radius 3 is 2.83 bits per heavy atom. The molecule has 0 heterocycles. The summed E-state index contributed by atoms with van der Waals surface area (Å²) in [5.41, 5.74) is 4.71. The number of hydrogen-bond acceptors (Lipinski definition) is 4. The molecule has 0 aliphatic carbocycles. The van der Waals surface area contributed by atoms with Crippen molar-refractivity contribution in [3.05, 3.63) is 0 Å². The molecule has 0 spiro atoms. The number of carbonyl (C=O) groups is 1. The molecule has 0 aliphatic rings. The van der Waals surface area contributed by atoms with E-state index in [9.17, 15) is 9.18 Å². The Labute approximate surface area is 69.0 Å². The zero-order valence-corrected chi connectivity index (χ0v) is 6.66.